The van der Waals surface area contributed by atoms with Crippen molar-refractivity contribution in [2.75, 3.05) is 11.4 Å². The third-order valence-corrected chi connectivity index (χ3v) is 6.44. The number of halogens is 2. The van der Waals surface area contributed by atoms with Gasteiger partial charge in [-0.05, 0) is 72.8 Å². The molecular weight excluding hydrogens is 466 g/mol. The zero-order valence-corrected chi connectivity index (χ0v) is 17.8. The molecular formula is C20H15BrClNO4S. The first-order chi connectivity index (χ1) is 13.3. The van der Waals surface area contributed by atoms with Gasteiger partial charge in [-0.1, -0.05) is 27.5 Å². The number of amides is 1. The van der Waals surface area contributed by atoms with E-state index in [0.29, 0.717) is 10.8 Å². The maximum absolute atomic E-state index is 13.3. The molecule has 0 atom stereocenters. The molecule has 144 valence electrons. The van der Waals surface area contributed by atoms with E-state index in [9.17, 15) is 13.2 Å². The van der Waals surface area contributed by atoms with Crippen LogP contribution in [0.25, 0.3) is 0 Å². The third-order valence-electron chi connectivity index (χ3n) is 3.93. The number of hydrogen-bond acceptors (Lipinski definition) is 4. The SMILES string of the molecule is COc1ccc(N(C(=O)c2ccc(Br)cc2)S(=O)(=O)c2ccc(Cl)cc2)cc1. The van der Waals surface area contributed by atoms with Gasteiger partial charge in [-0.2, -0.15) is 4.31 Å². The summed E-state index contributed by atoms with van der Waals surface area (Å²) in [5.41, 5.74) is 0.431. The van der Waals surface area contributed by atoms with Crippen LogP contribution in [-0.2, 0) is 10.0 Å². The second-order valence-electron chi connectivity index (χ2n) is 5.73. The highest BCUT2D eigenvalue weighted by atomic mass is 79.9. The third kappa shape index (κ3) is 4.22. The molecule has 0 saturated heterocycles. The summed E-state index contributed by atoms with van der Waals surface area (Å²) in [6.45, 7) is 0. The van der Waals surface area contributed by atoms with Crippen LogP contribution in [0.4, 0.5) is 5.69 Å². The van der Waals surface area contributed by atoms with Crippen LogP contribution in [0.3, 0.4) is 0 Å². The molecule has 3 rings (SSSR count). The van der Waals surface area contributed by atoms with Gasteiger partial charge < -0.3 is 4.74 Å². The average molecular weight is 481 g/mol. The number of nitrogens with zero attached hydrogens (tertiary/aromatic N) is 1. The summed E-state index contributed by atoms with van der Waals surface area (Å²) in [6.07, 6.45) is 0. The minimum absolute atomic E-state index is 0.0434. The Labute approximate surface area is 176 Å². The van der Waals surface area contributed by atoms with Gasteiger partial charge in [-0.3, -0.25) is 4.79 Å². The van der Waals surface area contributed by atoms with E-state index in [1.807, 2.05) is 0 Å². The molecule has 8 heteroatoms. The summed E-state index contributed by atoms with van der Waals surface area (Å²) in [7, 11) is -2.67. The number of anilines is 1. The highest BCUT2D eigenvalue weighted by molar-refractivity contribution is 9.10. The van der Waals surface area contributed by atoms with Crippen LogP contribution in [-0.4, -0.2) is 21.4 Å². The molecule has 0 aliphatic carbocycles. The Morgan fingerprint density at radius 2 is 1.50 bits per heavy atom. The van der Waals surface area contributed by atoms with E-state index in [1.54, 1.807) is 36.4 Å². The second-order valence-corrected chi connectivity index (χ2v) is 8.87. The van der Waals surface area contributed by atoms with E-state index in [4.69, 9.17) is 16.3 Å². The van der Waals surface area contributed by atoms with Crippen molar-refractivity contribution < 1.29 is 17.9 Å². The molecule has 0 aliphatic rings. The van der Waals surface area contributed by atoms with Crippen LogP contribution < -0.4 is 9.04 Å². The first-order valence-electron chi connectivity index (χ1n) is 8.08. The fourth-order valence-corrected chi connectivity index (χ4v) is 4.31. The van der Waals surface area contributed by atoms with Crippen LogP contribution in [0.5, 0.6) is 5.75 Å². The standard InChI is InChI=1S/C20H15BrClNO4S/c1-27-18-10-8-17(9-11-18)23(20(24)14-2-4-15(21)5-3-14)28(25,26)19-12-6-16(22)7-13-19/h2-13H,1H3. The molecule has 0 spiro atoms. The minimum Gasteiger partial charge on any atom is -0.497 e. The Kier molecular flexibility index (Phi) is 6.07. The van der Waals surface area contributed by atoms with Crippen molar-refractivity contribution in [1.82, 2.24) is 0 Å². The molecule has 0 aromatic heterocycles. The van der Waals surface area contributed by atoms with Crippen molar-refractivity contribution in [2.24, 2.45) is 0 Å². The lowest BCUT2D eigenvalue weighted by Crippen LogP contribution is -2.37. The summed E-state index contributed by atoms with van der Waals surface area (Å²) in [6, 6.07) is 18.3. The van der Waals surface area contributed by atoms with Gasteiger partial charge in [0, 0.05) is 15.1 Å². The molecule has 0 heterocycles. The lowest BCUT2D eigenvalue weighted by atomic mass is 10.2. The number of methoxy groups -OCH3 is 1. The molecule has 0 saturated carbocycles. The second kappa shape index (κ2) is 8.34. The van der Waals surface area contributed by atoms with Gasteiger partial charge in [0.15, 0.2) is 0 Å². The van der Waals surface area contributed by atoms with Crippen molar-refractivity contribution in [2.45, 2.75) is 4.90 Å². The monoisotopic (exact) mass is 479 g/mol. The molecule has 0 bridgehead atoms. The van der Waals surface area contributed by atoms with Gasteiger partial charge in [-0.25, -0.2) is 8.42 Å². The maximum atomic E-state index is 13.3. The summed E-state index contributed by atoms with van der Waals surface area (Å²) < 4.78 is 33.3. The van der Waals surface area contributed by atoms with Crippen LogP contribution in [0.1, 0.15) is 10.4 Å². The first kappa shape index (κ1) is 20.4. The van der Waals surface area contributed by atoms with Gasteiger partial charge >= 0.3 is 0 Å². The van der Waals surface area contributed by atoms with Crippen molar-refractivity contribution in [3.63, 3.8) is 0 Å². The maximum Gasteiger partial charge on any atom is 0.272 e. The highest BCUT2D eigenvalue weighted by Gasteiger charge is 2.32. The minimum atomic E-state index is -4.18. The number of carbonyl (C=O) groups excluding carboxylic acids is 1. The molecule has 3 aromatic rings. The normalized spacial score (nSPS) is 11.1. The van der Waals surface area contributed by atoms with Crippen molar-refractivity contribution in [3.05, 3.63) is 87.9 Å². The molecule has 5 nitrogen and oxygen atoms in total. The molecule has 1 amide bonds. The summed E-state index contributed by atoms with van der Waals surface area (Å²) in [5, 5.41) is 0.397. The van der Waals surface area contributed by atoms with E-state index in [-0.39, 0.29) is 16.1 Å². The topological polar surface area (TPSA) is 63.7 Å². The summed E-state index contributed by atoms with van der Waals surface area (Å²) in [4.78, 5) is 13.1. The van der Waals surface area contributed by atoms with E-state index >= 15 is 0 Å². The Morgan fingerprint density at radius 1 is 0.929 bits per heavy atom. The summed E-state index contributed by atoms with van der Waals surface area (Å²) in [5.74, 6) is -0.128. The van der Waals surface area contributed by atoms with Crippen LogP contribution in [0.2, 0.25) is 5.02 Å². The lowest BCUT2D eigenvalue weighted by Gasteiger charge is -2.23. The van der Waals surface area contributed by atoms with Crippen LogP contribution in [0, 0.1) is 0 Å². The molecule has 0 fully saturated rings. The first-order valence-corrected chi connectivity index (χ1v) is 10.7. The Balaban J connectivity index is 2.13. The molecule has 0 unspecified atom stereocenters. The van der Waals surface area contributed by atoms with E-state index in [1.165, 1.54) is 43.5 Å². The molecule has 0 aliphatic heterocycles. The Hall–Kier alpha value is -2.35. The average Bonchev–Trinajstić information content (AvgIpc) is 2.69. The smallest absolute Gasteiger partial charge is 0.272 e. The fourth-order valence-electron chi connectivity index (χ4n) is 2.50. The predicted octanol–water partition coefficient (Wildman–Crippen LogP) is 5.15. The van der Waals surface area contributed by atoms with Gasteiger partial charge in [0.25, 0.3) is 15.9 Å². The van der Waals surface area contributed by atoms with E-state index in [2.05, 4.69) is 15.9 Å². The van der Waals surface area contributed by atoms with E-state index < -0.39 is 15.9 Å². The molecule has 3 aromatic carbocycles. The molecule has 0 radical (unpaired) electrons. The van der Waals surface area contributed by atoms with Crippen molar-refractivity contribution in [3.8, 4) is 5.75 Å². The molecule has 0 N–H and O–H groups in total. The van der Waals surface area contributed by atoms with Gasteiger partial charge in [-0.15, -0.1) is 0 Å². The number of benzene rings is 3. The fraction of sp³-hybridized carbons (Fsp3) is 0.0500. The van der Waals surface area contributed by atoms with Crippen molar-refractivity contribution in [1.29, 1.82) is 0 Å². The summed E-state index contributed by atoms with van der Waals surface area (Å²) >= 11 is 9.18. The van der Waals surface area contributed by atoms with E-state index in [0.717, 1.165) is 8.78 Å². The Bertz CT molecular complexity index is 1080. The number of rotatable bonds is 5. The molecule has 28 heavy (non-hydrogen) atoms. The van der Waals surface area contributed by atoms with Gasteiger partial charge in [0.1, 0.15) is 5.75 Å². The Morgan fingerprint density at radius 3 is 2.04 bits per heavy atom. The number of ether oxygens (including phenoxy) is 1. The zero-order chi connectivity index (χ0) is 20.3. The number of sulfonamides is 1. The number of hydrogen-bond donors (Lipinski definition) is 0. The van der Waals surface area contributed by atoms with Crippen molar-refractivity contribution >= 4 is 49.1 Å². The van der Waals surface area contributed by atoms with Crippen LogP contribution >= 0.6 is 27.5 Å². The van der Waals surface area contributed by atoms with Gasteiger partial charge in [0.05, 0.1) is 17.7 Å². The predicted molar refractivity (Wildman–Crippen MR) is 113 cm³/mol. The number of carbonyl (C=O) groups is 1. The van der Waals surface area contributed by atoms with Crippen LogP contribution in [0.15, 0.2) is 82.2 Å². The van der Waals surface area contributed by atoms with Gasteiger partial charge in [0.2, 0.25) is 0 Å². The zero-order valence-electron chi connectivity index (χ0n) is 14.7. The highest BCUT2D eigenvalue weighted by Crippen LogP contribution is 2.28. The lowest BCUT2D eigenvalue weighted by molar-refractivity contribution is 0.101. The largest absolute Gasteiger partial charge is 0.497 e. The quantitative estimate of drug-likeness (QED) is 0.507.